The molecule has 0 bridgehead atoms. The van der Waals surface area contributed by atoms with Crippen molar-refractivity contribution in [2.75, 3.05) is 13.2 Å². The van der Waals surface area contributed by atoms with Crippen LogP contribution in [0.4, 0.5) is 0 Å². The molecule has 1 amide bonds. The van der Waals surface area contributed by atoms with Crippen LogP contribution < -0.4 is 0 Å². The van der Waals surface area contributed by atoms with E-state index >= 15 is 0 Å². The fraction of sp³-hybridized carbons (Fsp3) is 0.533. The normalized spacial score (nSPS) is 26.9. The van der Waals surface area contributed by atoms with Crippen LogP contribution >= 0.6 is 11.6 Å². The second kappa shape index (κ2) is 5.51. The van der Waals surface area contributed by atoms with Gasteiger partial charge in [-0.1, -0.05) is 24.4 Å². The molecule has 1 saturated carbocycles. The van der Waals surface area contributed by atoms with E-state index in [4.69, 9.17) is 16.3 Å². The van der Waals surface area contributed by atoms with Crippen LogP contribution in [0.3, 0.4) is 0 Å². The average Bonchev–Trinajstić information content (AvgIpc) is 2.47. The van der Waals surface area contributed by atoms with Gasteiger partial charge in [-0.05, 0) is 37.1 Å². The molecule has 19 heavy (non-hydrogen) atoms. The van der Waals surface area contributed by atoms with Crippen LogP contribution in [0.25, 0.3) is 0 Å². The number of hydrogen-bond donors (Lipinski definition) is 0. The predicted molar refractivity (Wildman–Crippen MR) is 74.5 cm³/mol. The molecule has 2 fully saturated rings. The zero-order valence-corrected chi connectivity index (χ0v) is 11.6. The highest BCUT2D eigenvalue weighted by atomic mass is 35.5. The molecule has 0 radical (unpaired) electrons. The first-order valence-corrected chi connectivity index (χ1v) is 7.31. The van der Waals surface area contributed by atoms with Gasteiger partial charge in [0, 0.05) is 17.1 Å². The minimum absolute atomic E-state index is 0.108. The van der Waals surface area contributed by atoms with Gasteiger partial charge in [-0.3, -0.25) is 4.79 Å². The van der Waals surface area contributed by atoms with E-state index in [2.05, 4.69) is 0 Å². The van der Waals surface area contributed by atoms with Crippen LogP contribution in [0.5, 0.6) is 0 Å². The number of hydrogen-bond acceptors (Lipinski definition) is 2. The fourth-order valence-electron chi connectivity index (χ4n) is 3.11. The zero-order chi connectivity index (χ0) is 13.2. The molecule has 4 heteroatoms. The summed E-state index contributed by atoms with van der Waals surface area (Å²) < 4.78 is 5.80. The summed E-state index contributed by atoms with van der Waals surface area (Å²) in [6.45, 7) is 1.35. The minimum Gasteiger partial charge on any atom is -0.374 e. The van der Waals surface area contributed by atoms with E-state index < -0.39 is 0 Å². The summed E-state index contributed by atoms with van der Waals surface area (Å²) in [7, 11) is 0. The Kier molecular flexibility index (Phi) is 3.76. The van der Waals surface area contributed by atoms with Crippen molar-refractivity contribution in [3.8, 4) is 0 Å². The number of fused-ring (bicyclic) bond motifs is 1. The summed E-state index contributed by atoms with van der Waals surface area (Å²) >= 11 is 5.87. The number of nitrogens with zero attached hydrogens (tertiary/aromatic N) is 1. The SMILES string of the molecule is O=C(c1ccc(Cl)cc1)N1CCOC2CCCCC21. The van der Waals surface area contributed by atoms with Gasteiger partial charge in [0.2, 0.25) is 0 Å². The second-order valence-electron chi connectivity index (χ2n) is 5.27. The van der Waals surface area contributed by atoms with Crippen molar-refractivity contribution in [3.63, 3.8) is 0 Å². The van der Waals surface area contributed by atoms with Crippen LogP contribution in [0.15, 0.2) is 24.3 Å². The standard InChI is InChI=1S/C15H18ClNO2/c16-12-7-5-11(6-8-12)15(18)17-9-10-19-14-4-2-1-3-13(14)17/h5-8,13-14H,1-4,9-10H2. The molecule has 1 aliphatic carbocycles. The number of carbonyl (C=O) groups excluding carboxylic acids is 1. The Balaban J connectivity index is 1.79. The number of ether oxygens (including phenoxy) is 1. The highest BCUT2D eigenvalue weighted by Gasteiger charge is 2.36. The van der Waals surface area contributed by atoms with E-state index in [1.807, 2.05) is 4.90 Å². The Bertz CT molecular complexity index is 458. The number of halogens is 1. The topological polar surface area (TPSA) is 29.5 Å². The number of carbonyl (C=O) groups is 1. The van der Waals surface area contributed by atoms with Gasteiger partial charge >= 0.3 is 0 Å². The lowest BCUT2D eigenvalue weighted by Crippen LogP contribution is -2.54. The maximum Gasteiger partial charge on any atom is 0.254 e. The maximum atomic E-state index is 12.6. The third-order valence-electron chi connectivity index (χ3n) is 4.08. The summed E-state index contributed by atoms with van der Waals surface area (Å²) in [5.74, 6) is 0.108. The third-order valence-corrected chi connectivity index (χ3v) is 4.34. The zero-order valence-electron chi connectivity index (χ0n) is 10.8. The molecule has 2 aliphatic rings. The van der Waals surface area contributed by atoms with Crippen LogP contribution in [-0.4, -0.2) is 36.1 Å². The minimum atomic E-state index is 0.108. The third kappa shape index (κ3) is 2.63. The molecule has 1 aromatic rings. The van der Waals surface area contributed by atoms with E-state index in [1.165, 1.54) is 12.8 Å². The quantitative estimate of drug-likeness (QED) is 0.790. The van der Waals surface area contributed by atoms with E-state index in [9.17, 15) is 4.79 Å². The summed E-state index contributed by atoms with van der Waals surface area (Å²) in [5.41, 5.74) is 0.718. The molecule has 1 aliphatic heterocycles. The Labute approximate surface area is 118 Å². The van der Waals surface area contributed by atoms with Crippen molar-refractivity contribution < 1.29 is 9.53 Å². The van der Waals surface area contributed by atoms with Gasteiger partial charge in [0.1, 0.15) is 0 Å². The van der Waals surface area contributed by atoms with Crippen LogP contribution in [-0.2, 0) is 4.74 Å². The summed E-state index contributed by atoms with van der Waals surface area (Å²) in [4.78, 5) is 14.6. The number of benzene rings is 1. The lowest BCUT2D eigenvalue weighted by atomic mass is 9.89. The van der Waals surface area contributed by atoms with Crippen molar-refractivity contribution in [1.29, 1.82) is 0 Å². The molecule has 1 saturated heterocycles. The first-order chi connectivity index (χ1) is 9.25. The molecule has 0 spiro atoms. The Hall–Kier alpha value is -1.06. The summed E-state index contributed by atoms with van der Waals surface area (Å²) in [6, 6.07) is 7.41. The fourth-order valence-corrected chi connectivity index (χ4v) is 3.23. The van der Waals surface area contributed by atoms with Gasteiger partial charge in [-0.2, -0.15) is 0 Å². The van der Waals surface area contributed by atoms with E-state index in [1.54, 1.807) is 24.3 Å². The van der Waals surface area contributed by atoms with Crippen LogP contribution in [0.2, 0.25) is 5.02 Å². The average molecular weight is 280 g/mol. The smallest absolute Gasteiger partial charge is 0.254 e. The Morgan fingerprint density at radius 1 is 1.21 bits per heavy atom. The number of rotatable bonds is 1. The second-order valence-corrected chi connectivity index (χ2v) is 5.70. The first-order valence-electron chi connectivity index (χ1n) is 6.94. The Morgan fingerprint density at radius 2 is 1.95 bits per heavy atom. The van der Waals surface area contributed by atoms with Crippen molar-refractivity contribution in [1.82, 2.24) is 4.90 Å². The molecule has 0 N–H and O–H groups in total. The monoisotopic (exact) mass is 279 g/mol. The molecule has 0 aromatic heterocycles. The summed E-state index contributed by atoms with van der Waals surface area (Å²) in [5, 5.41) is 0.661. The largest absolute Gasteiger partial charge is 0.374 e. The molecule has 2 unspecified atom stereocenters. The number of amides is 1. The van der Waals surface area contributed by atoms with E-state index in [0.717, 1.165) is 18.4 Å². The van der Waals surface area contributed by atoms with E-state index in [0.29, 0.717) is 18.2 Å². The lowest BCUT2D eigenvalue weighted by Gasteiger charge is -2.43. The molecule has 3 rings (SSSR count). The molecule has 2 atom stereocenters. The first kappa shape index (κ1) is 12.9. The molecular weight excluding hydrogens is 262 g/mol. The highest BCUT2D eigenvalue weighted by Crippen LogP contribution is 2.29. The molecular formula is C15H18ClNO2. The van der Waals surface area contributed by atoms with Gasteiger partial charge in [-0.25, -0.2) is 0 Å². The highest BCUT2D eigenvalue weighted by molar-refractivity contribution is 6.30. The molecule has 1 heterocycles. The molecule has 1 aromatic carbocycles. The van der Waals surface area contributed by atoms with Gasteiger partial charge in [0.25, 0.3) is 5.91 Å². The Morgan fingerprint density at radius 3 is 2.74 bits per heavy atom. The molecule has 3 nitrogen and oxygen atoms in total. The van der Waals surface area contributed by atoms with Gasteiger partial charge in [-0.15, -0.1) is 0 Å². The lowest BCUT2D eigenvalue weighted by molar-refractivity contribution is -0.0752. The van der Waals surface area contributed by atoms with Crippen molar-refractivity contribution in [2.45, 2.75) is 37.8 Å². The van der Waals surface area contributed by atoms with Gasteiger partial charge in [0.05, 0.1) is 18.8 Å². The predicted octanol–water partition coefficient (Wildman–Crippen LogP) is 3.12. The van der Waals surface area contributed by atoms with Crippen LogP contribution in [0, 0.1) is 0 Å². The maximum absolute atomic E-state index is 12.6. The van der Waals surface area contributed by atoms with Crippen molar-refractivity contribution >= 4 is 17.5 Å². The van der Waals surface area contributed by atoms with Gasteiger partial charge in [0.15, 0.2) is 0 Å². The molecule has 102 valence electrons. The van der Waals surface area contributed by atoms with Gasteiger partial charge < -0.3 is 9.64 Å². The number of morpholine rings is 1. The van der Waals surface area contributed by atoms with Crippen molar-refractivity contribution in [2.24, 2.45) is 0 Å². The van der Waals surface area contributed by atoms with Crippen LogP contribution in [0.1, 0.15) is 36.0 Å². The van der Waals surface area contributed by atoms with E-state index in [-0.39, 0.29) is 18.1 Å². The van der Waals surface area contributed by atoms with Crippen molar-refractivity contribution in [3.05, 3.63) is 34.9 Å². The summed E-state index contributed by atoms with van der Waals surface area (Å²) in [6.07, 6.45) is 4.77.